The standard InChI is InChI=1S/C16H23NO4/c1-3-7-14(20-10-12-8-5-4-6-9-12)16(2,19)13-11-21-15(18)17-13/h4-6,8-9,13-14,19H,3,7,10-11H2,1-2H3,(H,17,18)/t13-,14-,16-/m1/s1. The van der Waals surface area contributed by atoms with Crippen molar-refractivity contribution >= 4 is 6.09 Å². The number of nitrogens with one attached hydrogen (secondary N) is 1. The molecule has 21 heavy (non-hydrogen) atoms. The van der Waals surface area contributed by atoms with Gasteiger partial charge in [-0.3, -0.25) is 0 Å². The maximum absolute atomic E-state index is 11.2. The van der Waals surface area contributed by atoms with Crippen LogP contribution in [0.2, 0.25) is 0 Å². The van der Waals surface area contributed by atoms with Crippen LogP contribution in [-0.4, -0.2) is 35.6 Å². The molecule has 3 atom stereocenters. The Morgan fingerprint density at radius 3 is 2.76 bits per heavy atom. The summed E-state index contributed by atoms with van der Waals surface area (Å²) < 4.78 is 10.8. The molecule has 1 fully saturated rings. The maximum atomic E-state index is 11.2. The van der Waals surface area contributed by atoms with E-state index in [1.165, 1.54) is 0 Å². The molecule has 5 nitrogen and oxygen atoms in total. The van der Waals surface area contributed by atoms with Gasteiger partial charge in [0.2, 0.25) is 0 Å². The Labute approximate surface area is 125 Å². The van der Waals surface area contributed by atoms with Crippen LogP contribution in [0.3, 0.4) is 0 Å². The zero-order valence-electron chi connectivity index (χ0n) is 12.5. The summed E-state index contributed by atoms with van der Waals surface area (Å²) in [6, 6.07) is 9.38. The van der Waals surface area contributed by atoms with Crippen LogP contribution in [0, 0.1) is 0 Å². The molecule has 1 aromatic carbocycles. The van der Waals surface area contributed by atoms with E-state index in [0.29, 0.717) is 13.0 Å². The fourth-order valence-electron chi connectivity index (χ4n) is 2.50. The van der Waals surface area contributed by atoms with Gasteiger partial charge in [-0.05, 0) is 18.9 Å². The van der Waals surface area contributed by atoms with Crippen LogP contribution in [0.15, 0.2) is 30.3 Å². The number of alkyl carbamates (subject to hydrolysis) is 1. The number of aliphatic hydroxyl groups is 1. The van der Waals surface area contributed by atoms with Crippen LogP contribution in [0.5, 0.6) is 0 Å². The number of hydrogen-bond donors (Lipinski definition) is 2. The average Bonchev–Trinajstić information content (AvgIpc) is 2.92. The Morgan fingerprint density at radius 2 is 2.19 bits per heavy atom. The second kappa shape index (κ2) is 6.91. The van der Waals surface area contributed by atoms with E-state index in [1.807, 2.05) is 37.3 Å². The van der Waals surface area contributed by atoms with E-state index in [9.17, 15) is 9.90 Å². The van der Waals surface area contributed by atoms with Gasteiger partial charge in [-0.25, -0.2) is 4.79 Å². The van der Waals surface area contributed by atoms with Crippen molar-refractivity contribution in [1.82, 2.24) is 5.32 Å². The Kier molecular flexibility index (Phi) is 5.20. The van der Waals surface area contributed by atoms with Gasteiger partial charge in [0, 0.05) is 0 Å². The maximum Gasteiger partial charge on any atom is 0.407 e. The smallest absolute Gasteiger partial charge is 0.407 e. The fraction of sp³-hybridized carbons (Fsp3) is 0.562. The molecule has 1 aliphatic heterocycles. The van der Waals surface area contributed by atoms with Gasteiger partial charge in [0.25, 0.3) is 0 Å². The lowest BCUT2D eigenvalue weighted by Gasteiger charge is -2.36. The molecule has 0 aliphatic carbocycles. The van der Waals surface area contributed by atoms with E-state index in [2.05, 4.69) is 5.32 Å². The number of hydrogen-bond acceptors (Lipinski definition) is 4. The van der Waals surface area contributed by atoms with Crippen molar-refractivity contribution in [1.29, 1.82) is 0 Å². The molecule has 0 aromatic heterocycles. The number of ether oxygens (including phenoxy) is 2. The zero-order valence-corrected chi connectivity index (χ0v) is 12.5. The molecule has 5 heteroatoms. The first kappa shape index (κ1) is 15.8. The molecule has 0 saturated carbocycles. The van der Waals surface area contributed by atoms with E-state index in [1.54, 1.807) is 6.92 Å². The lowest BCUT2D eigenvalue weighted by Crippen LogP contribution is -2.56. The summed E-state index contributed by atoms with van der Waals surface area (Å²) in [5.41, 5.74) is -0.113. The monoisotopic (exact) mass is 293 g/mol. The molecule has 1 heterocycles. The van der Waals surface area contributed by atoms with Crippen LogP contribution in [-0.2, 0) is 16.1 Å². The van der Waals surface area contributed by atoms with E-state index in [4.69, 9.17) is 9.47 Å². The SMILES string of the molecule is CCC[C@@H](OCc1ccccc1)[C@](C)(O)[C@H]1COC(=O)N1. The average molecular weight is 293 g/mol. The van der Waals surface area contributed by atoms with E-state index in [0.717, 1.165) is 12.0 Å². The lowest BCUT2D eigenvalue weighted by molar-refractivity contribution is -0.124. The third-order valence-electron chi connectivity index (χ3n) is 3.88. The minimum atomic E-state index is -1.17. The van der Waals surface area contributed by atoms with Crippen molar-refractivity contribution in [3.8, 4) is 0 Å². The first-order valence-electron chi connectivity index (χ1n) is 7.35. The summed E-state index contributed by atoms with van der Waals surface area (Å²) >= 11 is 0. The number of rotatable bonds is 7. The highest BCUT2D eigenvalue weighted by Gasteiger charge is 2.44. The summed E-state index contributed by atoms with van der Waals surface area (Å²) in [4.78, 5) is 11.2. The zero-order chi connectivity index (χ0) is 15.3. The van der Waals surface area contributed by atoms with Gasteiger partial charge in [-0.1, -0.05) is 43.7 Å². The van der Waals surface area contributed by atoms with Crippen LogP contribution < -0.4 is 5.32 Å². The molecule has 0 spiro atoms. The van der Waals surface area contributed by atoms with Crippen molar-refractivity contribution in [2.24, 2.45) is 0 Å². The minimum Gasteiger partial charge on any atom is -0.447 e. The van der Waals surface area contributed by atoms with Gasteiger partial charge < -0.3 is 19.9 Å². The number of benzene rings is 1. The lowest BCUT2D eigenvalue weighted by atomic mass is 9.88. The summed E-state index contributed by atoms with van der Waals surface area (Å²) in [5, 5.41) is 13.4. The summed E-state index contributed by atoms with van der Waals surface area (Å²) in [6.45, 7) is 4.33. The molecule has 0 unspecified atom stereocenters. The molecule has 0 radical (unpaired) electrons. The first-order valence-corrected chi connectivity index (χ1v) is 7.35. The van der Waals surface area contributed by atoms with Crippen molar-refractivity contribution in [2.75, 3.05) is 6.61 Å². The molecule has 1 aliphatic rings. The van der Waals surface area contributed by atoms with E-state index < -0.39 is 17.7 Å². The van der Waals surface area contributed by atoms with Gasteiger partial charge in [0.1, 0.15) is 12.2 Å². The second-order valence-electron chi connectivity index (χ2n) is 5.60. The Hall–Kier alpha value is -1.59. The van der Waals surface area contributed by atoms with Crippen molar-refractivity contribution in [3.05, 3.63) is 35.9 Å². The Bertz CT molecular complexity index is 461. The summed E-state index contributed by atoms with van der Waals surface area (Å²) in [7, 11) is 0. The second-order valence-corrected chi connectivity index (χ2v) is 5.60. The molecule has 2 N–H and O–H groups in total. The fourth-order valence-corrected chi connectivity index (χ4v) is 2.50. The largest absolute Gasteiger partial charge is 0.447 e. The molecular formula is C16H23NO4. The van der Waals surface area contributed by atoms with Gasteiger partial charge >= 0.3 is 6.09 Å². The van der Waals surface area contributed by atoms with Crippen molar-refractivity contribution in [3.63, 3.8) is 0 Å². The predicted molar refractivity (Wildman–Crippen MR) is 78.8 cm³/mol. The number of cyclic esters (lactones) is 1. The molecular weight excluding hydrogens is 270 g/mol. The van der Waals surface area contributed by atoms with Gasteiger partial charge in [0.15, 0.2) is 0 Å². The highest BCUT2D eigenvalue weighted by Crippen LogP contribution is 2.25. The molecule has 1 amide bonds. The van der Waals surface area contributed by atoms with Crippen molar-refractivity contribution in [2.45, 2.75) is 51.0 Å². The highest BCUT2D eigenvalue weighted by atomic mass is 16.6. The van der Waals surface area contributed by atoms with Crippen LogP contribution in [0.25, 0.3) is 0 Å². The molecule has 1 saturated heterocycles. The topological polar surface area (TPSA) is 67.8 Å². The number of carbonyl (C=O) groups is 1. The summed E-state index contributed by atoms with van der Waals surface area (Å²) in [5.74, 6) is 0. The van der Waals surface area contributed by atoms with Gasteiger partial charge in [-0.2, -0.15) is 0 Å². The van der Waals surface area contributed by atoms with Crippen LogP contribution >= 0.6 is 0 Å². The van der Waals surface area contributed by atoms with Crippen molar-refractivity contribution < 1.29 is 19.4 Å². The minimum absolute atomic E-state index is 0.167. The van der Waals surface area contributed by atoms with Gasteiger partial charge in [0.05, 0.1) is 18.8 Å². The third-order valence-corrected chi connectivity index (χ3v) is 3.88. The highest BCUT2D eigenvalue weighted by molar-refractivity contribution is 5.69. The Morgan fingerprint density at radius 1 is 1.48 bits per heavy atom. The number of amides is 1. The molecule has 2 rings (SSSR count). The van der Waals surface area contributed by atoms with Crippen LogP contribution in [0.4, 0.5) is 4.79 Å². The molecule has 116 valence electrons. The molecule has 0 bridgehead atoms. The number of carbonyl (C=O) groups excluding carboxylic acids is 1. The van der Waals surface area contributed by atoms with E-state index >= 15 is 0 Å². The third kappa shape index (κ3) is 3.95. The van der Waals surface area contributed by atoms with Crippen LogP contribution in [0.1, 0.15) is 32.3 Å². The summed E-state index contributed by atoms with van der Waals surface area (Å²) in [6.07, 6.45) is 0.747. The Balaban J connectivity index is 2.01. The normalized spacial score (nSPS) is 22.2. The quantitative estimate of drug-likeness (QED) is 0.809. The predicted octanol–water partition coefficient (Wildman–Crippen LogP) is 2.23. The van der Waals surface area contributed by atoms with E-state index in [-0.39, 0.29) is 12.7 Å². The van der Waals surface area contributed by atoms with Gasteiger partial charge in [-0.15, -0.1) is 0 Å². The first-order chi connectivity index (χ1) is 10.0. The molecule has 1 aromatic rings.